The number of carbonyl (C=O) groups excluding carboxylic acids is 2. The van der Waals surface area contributed by atoms with Crippen LogP contribution in [-0.2, 0) is 20.9 Å². The van der Waals surface area contributed by atoms with Gasteiger partial charge in [0.2, 0.25) is 5.91 Å². The van der Waals surface area contributed by atoms with Gasteiger partial charge in [-0.05, 0) is 68.1 Å². The lowest BCUT2D eigenvalue weighted by atomic mass is 9.86. The molecule has 1 aromatic heterocycles. The van der Waals surface area contributed by atoms with Gasteiger partial charge >= 0.3 is 5.97 Å². The fourth-order valence-electron chi connectivity index (χ4n) is 4.82. The molecule has 2 fully saturated rings. The van der Waals surface area contributed by atoms with Crippen LogP contribution in [0.3, 0.4) is 0 Å². The number of ether oxygens (including phenoxy) is 1. The van der Waals surface area contributed by atoms with Gasteiger partial charge in [-0.1, -0.05) is 12.1 Å². The molecule has 2 heterocycles. The minimum Gasteiger partial charge on any atom is -0.466 e. The van der Waals surface area contributed by atoms with Crippen LogP contribution in [0.15, 0.2) is 48.8 Å². The molecular weight excluding hydrogens is 456 g/mol. The van der Waals surface area contributed by atoms with Crippen LogP contribution in [0.25, 0.3) is 6.08 Å². The number of hydrogen-bond acceptors (Lipinski definition) is 7. The van der Waals surface area contributed by atoms with Gasteiger partial charge < -0.3 is 24.5 Å². The average Bonchev–Trinajstić information content (AvgIpc) is 2.91. The molecular formula is C28H36N4O4. The zero-order valence-corrected chi connectivity index (χ0v) is 21.2. The van der Waals surface area contributed by atoms with E-state index < -0.39 is 5.97 Å². The number of methoxy groups -OCH3 is 1. The van der Waals surface area contributed by atoms with E-state index in [2.05, 4.69) is 50.8 Å². The van der Waals surface area contributed by atoms with Crippen LogP contribution in [0.4, 0.5) is 11.4 Å². The van der Waals surface area contributed by atoms with E-state index in [9.17, 15) is 14.7 Å². The molecule has 1 saturated carbocycles. The number of hydrogen-bond donors (Lipinski definition) is 1. The Hall–Kier alpha value is -3.23. The summed E-state index contributed by atoms with van der Waals surface area (Å²) >= 11 is 0. The number of benzene rings is 1. The van der Waals surface area contributed by atoms with E-state index in [1.807, 2.05) is 6.07 Å². The third-order valence-corrected chi connectivity index (χ3v) is 7.13. The highest BCUT2D eigenvalue weighted by Gasteiger charge is 2.30. The fraction of sp³-hybridized carbons (Fsp3) is 0.464. The lowest BCUT2D eigenvalue weighted by Crippen LogP contribution is -2.44. The molecule has 8 nitrogen and oxygen atoms in total. The number of aliphatic hydroxyl groups excluding tert-OH is 1. The standard InChI is InChI=1S/C28H36N4O4/c1-30-13-15-31(16-14-30)24-8-3-21(4-9-24)20-32(28(35)23-6-10-26(33)11-7-23)25-17-22(18-29-19-25)5-12-27(34)36-2/h3-5,8-9,12,17-19,23,26,33H,6-7,10-11,13-16,20H2,1-2H3/b12-5+. The van der Waals surface area contributed by atoms with Crippen LogP contribution in [0.2, 0.25) is 0 Å². The Morgan fingerprint density at radius 1 is 1.08 bits per heavy atom. The summed E-state index contributed by atoms with van der Waals surface area (Å²) in [6.45, 7) is 4.53. The lowest BCUT2D eigenvalue weighted by Gasteiger charge is -2.34. The second kappa shape index (κ2) is 12.1. The number of nitrogens with zero attached hydrogens (tertiary/aromatic N) is 4. The highest BCUT2D eigenvalue weighted by molar-refractivity contribution is 5.95. The van der Waals surface area contributed by atoms with Crippen molar-refractivity contribution in [1.29, 1.82) is 0 Å². The number of rotatable bonds is 7. The second-order valence-corrected chi connectivity index (χ2v) is 9.72. The number of aromatic nitrogens is 1. The van der Waals surface area contributed by atoms with Crippen LogP contribution in [0.1, 0.15) is 36.8 Å². The summed E-state index contributed by atoms with van der Waals surface area (Å²) in [4.78, 5) is 36.0. The molecule has 0 bridgehead atoms. The summed E-state index contributed by atoms with van der Waals surface area (Å²) in [5, 5.41) is 9.92. The summed E-state index contributed by atoms with van der Waals surface area (Å²) in [5.74, 6) is -0.539. The van der Waals surface area contributed by atoms with E-state index in [0.29, 0.717) is 43.5 Å². The highest BCUT2D eigenvalue weighted by atomic mass is 16.5. The van der Waals surface area contributed by atoms with Crippen LogP contribution in [0, 0.1) is 5.92 Å². The predicted octanol–water partition coefficient (Wildman–Crippen LogP) is 3.10. The summed E-state index contributed by atoms with van der Waals surface area (Å²) in [6, 6.07) is 10.3. The maximum atomic E-state index is 13.7. The Labute approximate surface area is 213 Å². The first-order valence-electron chi connectivity index (χ1n) is 12.7. The minimum atomic E-state index is -0.450. The summed E-state index contributed by atoms with van der Waals surface area (Å²) < 4.78 is 4.68. The number of likely N-dealkylation sites (N-methyl/N-ethyl adjacent to an activating group) is 1. The molecule has 2 aromatic rings. The third-order valence-electron chi connectivity index (χ3n) is 7.13. The largest absolute Gasteiger partial charge is 0.466 e. The van der Waals surface area contributed by atoms with E-state index in [1.165, 1.54) is 18.9 Å². The Morgan fingerprint density at radius 3 is 2.44 bits per heavy atom. The van der Waals surface area contributed by atoms with Gasteiger partial charge in [0.15, 0.2) is 0 Å². The Morgan fingerprint density at radius 2 is 1.78 bits per heavy atom. The number of esters is 1. The van der Waals surface area contributed by atoms with Gasteiger partial charge in [-0.2, -0.15) is 0 Å². The van der Waals surface area contributed by atoms with Gasteiger partial charge in [0, 0.05) is 50.1 Å². The predicted molar refractivity (Wildman–Crippen MR) is 141 cm³/mol. The number of piperazine rings is 1. The molecule has 1 aliphatic carbocycles. The van der Waals surface area contributed by atoms with Crippen molar-refractivity contribution in [2.24, 2.45) is 5.92 Å². The van der Waals surface area contributed by atoms with Crippen LogP contribution >= 0.6 is 0 Å². The van der Waals surface area contributed by atoms with Gasteiger partial charge in [-0.15, -0.1) is 0 Å². The second-order valence-electron chi connectivity index (χ2n) is 9.72. The van der Waals surface area contributed by atoms with Gasteiger partial charge in [-0.25, -0.2) is 4.79 Å². The smallest absolute Gasteiger partial charge is 0.330 e. The number of amides is 1. The van der Waals surface area contributed by atoms with Crippen molar-refractivity contribution in [2.45, 2.75) is 38.3 Å². The molecule has 1 aliphatic heterocycles. The van der Waals surface area contributed by atoms with E-state index in [1.54, 1.807) is 23.4 Å². The maximum absolute atomic E-state index is 13.7. The van der Waals surface area contributed by atoms with Crippen LogP contribution in [0.5, 0.6) is 0 Å². The van der Waals surface area contributed by atoms with Crippen molar-refractivity contribution >= 4 is 29.3 Å². The monoisotopic (exact) mass is 492 g/mol. The summed E-state index contributed by atoms with van der Waals surface area (Å²) in [5.41, 5.74) is 3.62. The first-order valence-corrected chi connectivity index (χ1v) is 12.7. The number of anilines is 2. The van der Waals surface area contributed by atoms with Crippen molar-refractivity contribution in [3.8, 4) is 0 Å². The molecule has 0 radical (unpaired) electrons. The third kappa shape index (κ3) is 6.71. The molecule has 0 spiro atoms. The van der Waals surface area contributed by atoms with E-state index >= 15 is 0 Å². The fourth-order valence-corrected chi connectivity index (χ4v) is 4.82. The molecule has 4 rings (SSSR count). The molecule has 2 aliphatic rings. The number of carbonyl (C=O) groups is 2. The van der Waals surface area contributed by atoms with Crippen molar-refractivity contribution < 1.29 is 19.4 Å². The molecule has 1 saturated heterocycles. The number of aliphatic hydroxyl groups is 1. The van der Waals surface area contributed by atoms with Gasteiger partial charge in [0.05, 0.1) is 31.6 Å². The van der Waals surface area contributed by atoms with Gasteiger partial charge in [0.25, 0.3) is 0 Å². The summed E-state index contributed by atoms with van der Waals surface area (Å²) in [6.07, 6.45) is 8.62. The zero-order chi connectivity index (χ0) is 25.5. The van der Waals surface area contributed by atoms with E-state index in [-0.39, 0.29) is 17.9 Å². The molecule has 1 N–H and O–H groups in total. The molecule has 1 amide bonds. The SMILES string of the molecule is COC(=O)/C=C/c1cncc(N(Cc2ccc(N3CCN(C)CC3)cc2)C(=O)C2CCC(O)CC2)c1. The molecule has 0 unspecified atom stereocenters. The Balaban J connectivity index is 1.55. The normalized spacial score (nSPS) is 20.9. The lowest BCUT2D eigenvalue weighted by molar-refractivity contribution is -0.134. The molecule has 8 heteroatoms. The van der Waals surface area contributed by atoms with Crippen LogP contribution < -0.4 is 9.80 Å². The zero-order valence-electron chi connectivity index (χ0n) is 21.2. The highest BCUT2D eigenvalue weighted by Crippen LogP contribution is 2.29. The van der Waals surface area contributed by atoms with Crippen molar-refractivity contribution in [3.05, 3.63) is 59.9 Å². The van der Waals surface area contributed by atoms with Crippen molar-refractivity contribution in [2.75, 3.05) is 50.1 Å². The Kier molecular flexibility index (Phi) is 8.72. The average molecular weight is 493 g/mol. The molecule has 0 atom stereocenters. The molecule has 1 aromatic carbocycles. The van der Waals surface area contributed by atoms with Gasteiger partial charge in [0.1, 0.15) is 0 Å². The minimum absolute atomic E-state index is 0.0425. The topological polar surface area (TPSA) is 86.2 Å². The maximum Gasteiger partial charge on any atom is 0.330 e. The first kappa shape index (κ1) is 25.9. The number of pyridine rings is 1. The van der Waals surface area contributed by atoms with Crippen molar-refractivity contribution in [1.82, 2.24) is 9.88 Å². The van der Waals surface area contributed by atoms with Crippen molar-refractivity contribution in [3.63, 3.8) is 0 Å². The molecule has 36 heavy (non-hydrogen) atoms. The van der Waals surface area contributed by atoms with Gasteiger partial charge in [-0.3, -0.25) is 9.78 Å². The van der Waals surface area contributed by atoms with E-state index in [4.69, 9.17) is 0 Å². The quantitative estimate of drug-likeness (QED) is 0.470. The molecule has 192 valence electrons. The first-order chi connectivity index (χ1) is 17.4. The van der Waals surface area contributed by atoms with E-state index in [0.717, 1.165) is 31.7 Å². The van der Waals surface area contributed by atoms with Crippen LogP contribution in [-0.4, -0.2) is 73.3 Å². The summed E-state index contributed by atoms with van der Waals surface area (Å²) in [7, 11) is 3.48. The Bertz CT molecular complexity index is 1060.